The number of carboxylic acid groups (broad SMARTS) is 1. The molecule has 1 aliphatic carbocycles. The predicted molar refractivity (Wildman–Crippen MR) is 78.8 cm³/mol. The molecule has 3 aliphatic rings. The minimum absolute atomic E-state index is 0.132. The molecule has 2 saturated heterocycles. The number of aliphatic carboxylic acids is 1. The summed E-state index contributed by atoms with van der Waals surface area (Å²) in [5.74, 6) is -0.699. The third-order valence-electron chi connectivity index (χ3n) is 5.63. The van der Waals surface area contributed by atoms with Crippen molar-refractivity contribution < 1.29 is 9.90 Å². The van der Waals surface area contributed by atoms with Crippen molar-refractivity contribution in [2.75, 3.05) is 26.2 Å². The summed E-state index contributed by atoms with van der Waals surface area (Å²) in [7, 11) is 0. The Labute approximate surface area is 122 Å². The molecule has 4 heteroatoms. The molecule has 3 atom stereocenters. The maximum atomic E-state index is 11.6. The molecule has 1 saturated carbocycles. The van der Waals surface area contributed by atoms with Gasteiger partial charge in [0, 0.05) is 31.7 Å². The highest BCUT2D eigenvalue weighted by molar-refractivity contribution is 5.71. The number of nitrogens with zero attached hydrogens (tertiary/aromatic N) is 2. The lowest BCUT2D eigenvalue weighted by molar-refractivity contribution is -0.145. The van der Waals surface area contributed by atoms with E-state index >= 15 is 0 Å². The molecular weight excluding hydrogens is 252 g/mol. The van der Waals surface area contributed by atoms with Crippen LogP contribution in [0.4, 0.5) is 0 Å². The van der Waals surface area contributed by atoms with E-state index in [1.807, 2.05) is 0 Å². The second kappa shape index (κ2) is 6.44. The smallest absolute Gasteiger partial charge is 0.308 e. The highest BCUT2D eigenvalue weighted by Gasteiger charge is 2.38. The van der Waals surface area contributed by atoms with Gasteiger partial charge in [-0.05, 0) is 32.2 Å². The highest BCUT2D eigenvalue weighted by atomic mass is 16.4. The first-order valence-corrected chi connectivity index (χ1v) is 8.46. The first-order valence-electron chi connectivity index (χ1n) is 8.46. The summed E-state index contributed by atoms with van der Waals surface area (Å²) in [6, 6.07) is 0.981. The van der Waals surface area contributed by atoms with Crippen LogP contribution in [0.2, 0.25) is 0 Å². The van der Waals surface area contributed by atoms with Crippen LogP contribution in [0.1, 0.15) is 51.4 Å². The molecule has 0 radical (unpaired) electrons. The molecular formula is C16H28N2O2. The van der Waals surface area contributed by atoms with Gasteiger partial charge in [0.1, 0.15) is 0 Å². The molecule has 0 aromatic heterocycles. The Kier molecular flexibility index (Phi) is 4.61. The topological polar surface area (TPSA) is 43.8 Å². The normalized spacial score (nSPS) is 37.1. The van der Waals surface area contributed by atoms with E-state index in [1.165, 1.54) is 38.6 Å². The summed E-state index contributed by atoms with van der Waals surface area (Å²) in [5.41, 5.74) is 0. The van der Waals surface area contributed by atoms with Crippen LogP contribution in [-0.4, -0.2) is 59.1 Å². The Hall–Kier alpha value is -0.610. The van der Waals surface area contributed by atoms with E-state index in [2.05, 4.69) is 9.80 Å². The Morgan fingerprint density at radius 2 is 1.60 bits per heavy atom. The third-order valence-corrected chi connectivity index (χ3v) is 5.63. The highest BCUT2D eigenvalue weighted by Crippen LogP contribution is 2.31. The van der Waals surface area contributed by atoms with Crippen molar-refractivity contribution in [2.45, 2.75) is 63.5 Å². The number of carbonyl (C=O) groups is 1. The molecule has 3 fully saturated rings. The van der Waals surface area contributed by atoms with Gasteiger partial charge in [0.25, 0.3) is 0 Å². The fraction of sp³-hybridized carbons (Fsp3) is 0.938. The number of fused-ring (bicyclic) bond motifs is 1. The molecule has 3 unspecified atom stereocenters. The Balaban J connectivity index is 1.68. The van der Waals surface area contributed by atoms with Gasteiger partial charge in [-0.15, -0.1) is 0 Å². The zero-order valence-corrected chi connectivity index (χ0v) is 12.5. The molecule has 0 spiro atoms. The van der Waals surface area contributed by atoms with Crippen molar-refractivity contribution in [3.8, 4) is 0 Å². The number of rotatable bonds is 2. The van der Waals surface area contributed by atoms with E-state index < -0.39 is 5.97 Å². The van der Waals surface area contributed by atoms with Crippen LogP contribution >= 0.6 is 0 Å². The molecule has 4 nitrogen and oxygen atoms in total. The fourth-order valence-electron chi connectivity index (χ4n) is 4.49. The average Bonchev–Trinajstić information content (AvgIpc) is 2.72. The summed E-state index contributed by atoms with van der Waals surface area (Å²) in [4.78, 5) is 16.8. The second-order valence-corrected chi connectivity index (χ2v) is 6.83. The van der Waals surface area contributed by atoms with Crippen LogP contribution in [0.15, 0.2) is 0 Å². The van der Waals surface area contributed by atoms with Crippen LogP contribution in [0.5, 0.6) is 0 Å². The first-order chi connectivity index (χ1) is 9.75. The second-order valence-electron chi connectivity index (χ2n) is 6.83. The van der Waals surface area contributed by atoms with E-state index in [9.17, 15) is 9.90 Å². The number of hydrogen-bond acceptors (Lipinski definition) is 3. The molecule has 0 amide bonds. The van der Waals surface area contributed by atoms with E-state index in [4.69, 9.17) is 0 Å². The molecule has 3 rings (SSSR count). The van der Waals surface area contributed by atoms with Crippen LogP contribution in [-0.2, 0) is 4.79 Å². The summed E-state index contributed by atoms with van der Waals surface area (Å²) in [6.07, 6.45) is 9.48. The summed E-state index contributed by atoms with van der Waals surface area (Å²) in [6.45, 7) is 4.58. The van der Waals surface area contributed by atoms with Gasteiger partial charge in [0.2, 0.25) is 0 Å². The molecule has 0 aromatic rings. The molecule has 2 heterocycles. The van der Waals surface area contributed by atoms with Crippen molar-refractivity contribution >= 4 is 5.97 Å². The molecule has 20 heavy (non-hydrogen) atoms. The number of carboxylic acids is 1. The molecule has 1 N–H and O–H groups in total. The zero-order valence-electron chi connectivity index (χ0n) is 12.5. The van der Waals surface area contributed by atoms with Crippen LogP contribution < -0.4 is 0 Å². The Morgan fingerprint density at radius 3 is 2.45 bits per heavy atom. The quantitative estimate of drug-likeness (QED) is 0.788. The van der Waals surface area contributed by atoms with Crippen molar-refractivity contribution in [1.82, 2.24) is 9.80 Å². The first kappa shape index (κ1) is 14.3. The summed E-state index contributed by atoms with van der Waals surface area (Å²) < 4.78 is 0. The molecule has 2 aliphatic heterocycles. The van der Waals surface area contributed by atoms with E-state index in [1.54, 1.807) is 0 Å². The van der Waals surface area contributed by atoms with Crippen molar-refractivity contribution in [3.05, 3.63) is 0 Å². The summed E-state index contributed by atoms with van der Waals surface area (Å²) >= 11 is 0. The van der Waals surface area contributed by atoms with Gasteiger partial charge in [-0.3, -0.25) is 14.6 Å². The van der Waals surface area contributed by atoms with Gasteiger partial charge >= 0.3 is 5.97 Å². The lowest BCUT2D eigenvalue weighted by atomic mass is 9.91. The van der Waals surface area contributed by atoms with Crippen LogP contribution in [0, 0.1) is 5.92 Å². The zero-order chi connectivity index (χ0) is 13.9. The fourth-order valence-corrected chi connectivity index (χ4v) is 4.49. The molecule has 0 aromatic carbocycles. The Morgan fingerprint density at radius 1 is 0.850 bits per heavy atom. The van der Waals surface area contributed by atoms with Gasteiger partial charge in [-0.1, -0.05) is 25.7 Å². The lowest BCUT2D eigenvalue weighted by Gasteiger charge is -2.47. The number of piperazine rings is 1. The minimum atomic E-state index is -0.567. The maximum Gasteiger partial charge on any atom is 0.308 e. The van der Waals surface area contributed by atoms with Crippen molar-refractivity contribution in [1.29, 1.82) is 0 Å². The van der Waals surface area contributed by atoms with Gasteiger partial charge in [-0.2, -0.15) is 0 Å². The lowest BCUT2D eigenvalue weighted by Crippen LogP contribution is -2.58. The van der Waals surface area contributed by atoms with Crippen LogP contribution in [0.25, 0.3) is 0 Å². The third kappa shape index (κ3) is 3.01. The SMILES string of the molecule is O=C(O)C1CCCCCC1N1CCN2CCCCC2C1. The number of piperidine rings is 1. The number of hydrogen-bond donors (Lipinski definition) is 1. The van der Waals surface area contributed by atoms with Crippen LogP contribution in [0.3, 0.4) is 0 Å². The van der Waals surface area contributed by atoms with Gasteiger partial charge in [0.05, 0.1) is 5.92 Å². The van der Waals surface area contributed by atoms with Crippen molar-refractivity contribution in [3.63, 3.8) is 0 Å². The monoisotopic (exact) mass is 280 g/mol. The minimum Gasteiger partial charge on any atom is -0.481 e. The van der Waals surface area contributed by atoms with Gasteiger partial charge in [-0.25, -0.2) is 0 Å². The standard InChI is InChI=1S/C16H28N2O2/c19-16(20)14-7-2-1-3-8-15(14)18-11-10-17-9-5-4-6-13(17)12-18/h13-15H,1-12H2,(H,19,20). The van der Waals surface area contributed by atoms with E-state index in [0.717, 1.165) is 38.9 Å². The largest absolute Gasteiger partial charge is 0.481 e. The maximum absolute atomic E-state index is 11.6. The molecule has 0 bridgehead atoms. The van der Waals surface area contributed by atoms with Gasteiger partial charge < -0.3 is 5.11 Å². The van der Waals surface area contributed by atoms with E-state index in [-0.39, 0.29) is 5.92 Å². The molecule has 114 valence electrons. The average molecular weight is 280 g/mol. The van der Waals surface area contributed by atoms with Gasteiger partial charge in [0.15, 0.2) is 0 Å². The van der Waals surface area contributed by atoms with Crippen molar-refractivity contribution in [2.24, 2.45) is 5.92 Å². The predicted octanol–water partition coefficient (Wildman–Crippen LogP) is 2.19. The van der Waals surface area contributed by atoms with E-state index in [0.29, 0.717) is 12.1 Å². The Bertz CT molecular complexity index is 347. The summed E-state index contributed by atoms with van der Waals surface area (Å²) in [5, 5.41) is 9.56.